The summed E-state index contributed by atoms with van der Waals surface area (Å²) < 4.78 is 5.70. The molecule has 35 heavy (non-hydrogen) atoms. The number of carbonyl (C=O) groups excluding carboxylic acids is 2. The Labute approximate surface area is 209 Å². The van der Waals surface area contributed by atoms with Crippen molar-refractivity contribution < 1.29 is 19.4 Å². The number of benzene rings is 2. The first kappa shape index (κ1) is 26.5. The van der Waals surface area contributed by atoms with Gasteiger partial charge in [0.05, 0.1) is 18.2 Å². The van der Waals surface area contributed by atoms with Crippen LogP contribution in [0.3, 0.4) is 0 Å². The molecule has 1 heterocycles. The van der Waals surface area contributed by atoms with Crippen molar-refractivity contribution in [2.24, 2.45) is 0 Å². The molecule has 0 aliphatic carbocycles. The number of carbonyl (C=O) groups is 2. The molecule has 0 saturated carbocycles. The largest absolute Gasteiger partial charge is 0.507 e. The van der Waals surface area contributed by atoms with Gasteiger partial charge in [-0.15, -0.1) is 0 Å². The lowest BCUT2D eigenvalue weighted by Crippen LogP contribution is -2.32. The number of aliphatic hydroxyl groups is 1. The van der Waals surface area contributed by atoms with Crippen LogP contribution in [-0.2, 0) is 9.59 Å². The summed E-state index contributed by atoms with van der Waals surface area (Å²) >= 11 is 0. The third-order valence-electron chi connectivity index (χ3n) is 6.39. The van der Waals surface area contributed by atoms with E-state index in [0.29, 0.717) is 30.4 Å². The highest BCUT2D eigenvalue weighted by Gasteiger charge is 2.45. The predicted molar refractivity (Wildman–Crippen MR) is 140 cm³/mol. The van der Waals surface area contributed by atoms with Crippen LogP contribution in [0.25, 0.3) is 5.76 Å². The monoisotopic (exact) mass is 478 g/mol. The standard InChI is InChI=1S/C29H38N2O4/c1-7-17-35-23-13-14-24(20(4)18-23)27(32)25-26(22-11-9-21(10-12-22)19(2)3)31(29(34)28(25)33)16-8-15-30(5)6/h9-14,18-19,26,32H,7-8,15-17H2,1-6H3. The number of aryl methyl sites for hydroxylation is 1. The fourth-order valence-corrected chi connectivity index (χ4v) is 4.43. The second-order valence-corrected chi connectivity index (χ2v) is 9.80. The van der Waals surface area contributed by atoms with Gasteiger partial charge in [0.15, 0.2) is 0 Å². The van der Waals surface area contributed by atoms with E-state index < -0.39 is 17.7 Å². The summed E-state index contributed by atoms with van der Waals surface area (Å²) in [5.74, 6) is -0.270. The lowest BCUT2D eigenvalue weighted by molar-refractivity contribution is -0.139. The number of rotatable bonds is 10. The van der Waals surface area contributed by atoms with Gasteiger partial charge in [-0.3, -0.25) is 9.59 Å². The number of aliphatic hydroxyl groups excluding tert-OH is 1. The number of ketones is 1. The molecule has 6 heteroatoms. The minimum Gasteiger partial charge on any atom is -0.507 e. The van der Waals surface area contributed by atoms with Gasteiger partial charge in [-0.05, 0) is 81.2 Å². The number of nitrogens with zero attached hydrogens (tertiary/aromatic N) is 2. The van der Waals surface area contributed by atoms with E-state index in [-0.39, 0.29) is 11.3 Å². The van der Waals surface area contributed by atoms with E-state index in [2.05, 4.69) is 18.7 Å². The van der Waals surface area contributed by atoms with Crippen LogP contribution >= 0.6 is 0 Å². The van der Waals surface area contributed by atoms with Crippen molar-refractivity contribution >= 4 is 17.4 Å². The van der Waals surface area contributed by atoms with Crippen molar-refractivity contribution in [3.8, 4) is 5.75 Å². The van der Waals surface area contributed by atoms with Gasteiger partial charge in [0.25, 0.3) is 11.7 Å². The van der Waals surface area contributed by atoms with Gasteiger partial charge in [0.1, 0.15) is 11.5 Å². The average Bonchev–Trinajstić information content (AvgIpc) is 3.07. The SMILES string of the molecule is CCCOc1ccc(C(O)=C2C(=O)C(=O)N(CCCN(C)C)C2c2ccc(C(C)C)cc2)c(C)c1. The summed E-state index contributed by atoms with van der Waals surface area (Å²) in [6, 6.07) is 12.8. The Morgan fingerprint density at radius 3 is 2.37 bits per heavy atom. The molecule has 1 unspecified atom stereocenters. The number of hydrogen-bond acceptors (Lipinski definition) is 5. The first-order chi connectivity index (χ1) is 16.6. The normalized spacial score (nSPS) is 17.6. The molecular formula is C29H38N2O4. The maximum atomic E-state index is 13.3. The van der Waals surface area contributed by atoms with E-state index in [1.54, 1.807) is 17.0 Å². The Kier molecular flexibility index (Phi) is 8.73. The lowest BCUT2D eigenvalue weighted by Gasteiger charge is -2.26. The van der Waals surface area contributed by atoms with E-state index >= 15 is 0 Å². The molecule has 1 aliphatic rings. The summed E-state index contributed by atoms with van der Waals surface area (Å²) in [6.45, 7) is 9.98. The van der Waals surface area contributed by atoms with Crippen LogP contribution in [-0.4, -0.2) is 60.4 Å². The second kappa shape index (κ2) is 11.5. The van der Waals surface area contributed by atoms with E-state index in [0.717, 1.165) is 30.5 Å². The highest BCUT2D eigenvalue weighted by atomic mass is 16.5. The van der Waals surface area contributed by atoms with Crippen molar-refractivity contribution in [1.29, 1.82) is 0 Å². The van der Waals surface area contributed by atoms with Gasteiger partial charge in [0, 0.05) is 12.1 Å². The van der Waals surface area contributed by atoms with Crippen molar-refractivity contribution in [3.05, 3.63) is 70.3 Å². The van der Waals surface area contributed by atoms with Crippen LogP contribution in [0.15, 0.2) is 48.0 Å². The number of ether oxygens (including phenoxy) is 1. The van der Waals surface area contributed by atoms with Gasteiger partial charge < -0.3 is 19.6 Å². The maximum Gasteiger partial charge on any atom is 0.295 e. The molecule has 2 aromatic rings. The number of amides is 1. The van der Waals surface area contributed by atoms with Crippen LogP contribution in [0.5, 0.6) is 5.75 Å². The Bertz CT molecular complexity index is 1090. The first-order valence-corrected chi connectivity index (χ1v) is 12.4. The molecule has 2 aromatic carbocycles. The molecule has 0 bridgehead atoms. The molecule has 1 fully saturated rings. The zero-order valence-corrected chi connectivity index (χ0v) is 21.8. The van der Waals surface area contributed by atoms with Crippen LogP contribution < -0.4 is 4.74 Å². The molecule has 1 N–H and O–H groups in total. The average molecular weight is 479 g/mol. The topological polar surface area (TPSA) is 70.1 Å². The fraction of sp³-hybridized carbons (Fsp3) is 0.448. The fourth-order valence-electron chi connectivity index (χ4n) is 4.43. The van der Waals surface area contributed by atoms with Gasteiger partial charge in [-0.2, -0.15) is 0 Å². The number of hydrogen-bond donors (Lipinski definition) is 1. The maximum absolute atomic E-state index is 13.3. The van der Waals surface area contributed by atoms with Gasteiger partial charge in [0.2, 0.25) is 0 Å². The Hall–Kier alpha value is -3.12. The molecule has 1 atom stereocenters. The summed E-state index contributed by atoms with van der Waals surface area (Å²) in [5.41, 5.74) is 3.45. The molecule has 1 amide bonds. The quantitative estimate of drug-likeness (QED) is 0.286. The highest BCUT2D eigenvalue weighted by Crippen LogP contribution is 2.40. The van der Waals surface area contributed by atoms with Crippen molar-refractivity contribution in [2.75, 3.05) is 33.8 Å². The molecule has 1 saturated heterocycles. The molecule has 0 spiro atoms. The Balaban J connectivity index is 2.07. The summed E-state index contributed by atoms with van der Waals surface area (Å²) in [7, 11) is 3.96. The number of Topliss-reactive ketones (excluding diaryl/α,β-unsaturated/α-hetero) is 1. The minimum atomic E-state index is -0.643. The first-order valence-electron chi connectivity index (χ1n) is 12.4. The van der Waals surface area contributed by atoms with E-state index in [1.165, 1.54) is 5.56 Å². The van der Waals surface area contributed by atoms with Crippen LogP contribution in [0, 0.1) is 6.92 Å². The lowest BCUT2D eigenvalue weighted by atomic mass is 9.92. The molecule has 1 aliphatic heterocycles. The van der Waals surface area contributed by atoms with Gasteiger partial charge in [-0.25, -0.2) is 0 Å². The Morgan fingerprint density at radius 1 is 1.11 bits per heavy atom. The molecule has 0 radical (unpaired) electrons. The second-order valence-electron chi connectivity index (χ2n) is 9.80. The van der Waals surface area contributed by atoms with E-state index in [1.807, 2.05) is 58.3 Å². The molecule has 0 aromatic heterocycles. The van der Waals surface area contributed by atoms with Gasteiger partial charge >= 0.3 is 0 Å². The Morgan fingerprint density at radius 2 is 1.80 bits per heavy atom. The zero-order valence-electron chi connectivity index (χ0n) is 21.8. The smallest absolute Gasteiger partial charge is 0.295 e. The highest BCUT2D eigenvalue weighted by molar-refractivity contribution is 6.46. The summed E-state index contributed by atoms with van der Waals surface area (Å²) in [4.78, 5) is 30.1. The van der Waals surface area contributed by atoms with E-state index in [9.17, 15) is 14.7 Å². The molecule has 3 rings (SSSR count). The molecular weight excluding hydrogens is 440 g/mol. The summed E-state index contributed by atoms with van der Waals surface area (Å²) in [5, 5.41) is 11.4. The molecule has 188 valence electrons. The van der Waals surface area contributed by atoms with E-state index in [4.69, 9.17) is 4.74 Å². The van der Waals surface area contributed by atoms with Crippen LogP contribution in [0.4, 0.5) is 0 Å². The van der Waals surface area contributed by atoms with Crippen LogP contribution in [0.2, 0.25) is 0 Å². The third kappa shape index (κ3) is 5.93. The third-order valence-corrected chi connectivity index (χ3v) is 6.39. The van der Waals surface area contributed by atoms with Gasteiger partial charge in [-0.1, -0.05) is 45.0 Å². The van der Waals surface area contributed by atoms with Crippen molar-refractivity contribution in [1.82, 2.24) is 9.80 Å². The number of likely N-dealkylation sites (tertiary alicyclic amines) is 1. The molecule has 6 nitrogen and oxygen atoms in total. The summed E-state index contributed by atoms with van der Waals surface area (Å²) in [6.07, 6.45) is 1.62. The van der Waals surface area contributed by atoms with Crippen molar-refractivity contribution in [2.45, 2.75) is 52.5 Å². The van der Waals surface area contributed by atoms with Crippen LogP contribution in [0.1, 0.15) is 67.8 Å². The zero-order chi connectivity index (χ0) is 25.7. The predicted octanol–water partition coefficient (Wildman–Crippen LogP) is 5.28. The minimum absolute atomic E-state index is 0.141. The van der Waals surface area contributed by atoms with Crippen molar-refractivity contribution in [3.63, 3.8) is 0 Å².